The summed E-state index contributed by atoms with van der Waals surface area (Å²) < 4.78 is 0. The summed E-state index contributed by atoms with van der Waals surface area (Å²) >= 11 is 0. The predicted molar refractivity (Wildman–Crippen MR) is 67.5 cm³/mol. The highest BCUT2D eigenvalue weighted by atomic mass is 14.9. The SMILES string of the molecule is C=C/C=C(\C=C)C(NC)C(C)C.CC. The molecule has 0 amide bonds. The smallest absolute Gasteiger partial charge is 0.0340 e. The second kappa shape index (κ2) is 10.3. The zero-order valence-electron chi connectivity index (χ0n) is 10.3. The maximum Gasteiger partial charge on any atom is 0.0340 e. The lowest BCUT2D eigenvalue weighted by Gasteiger charge is -2.21. The fourth-order valence-electron chi connectivity index (χ4n) is 1.32. The van der Waals surface area contributed by atoms with Gasteiger partial charge in [-0.2, -0.15) is 0 Å². The van der Waals surface area contributed by atoms with Crippen molar-refractivity contribution >= 4 is 0 Å². The second-order valence-electron chi connectivity index (χ2n) is 3.12. The molecule has 1 heteroatoms. The van der Waals surface area contributed by atoms with Crippen molar-refractivity contribution in [2.45, 2.75) is 33.7 Å². The third-order valence-corrected chi connectivity index (χ3v) is 1.88. The maximum absolute atomic E-state index is 3.77. The van der Waals surface area contributed by atoms with E-state index in [2.05, 4.69) is 32.3 Å². The molecule has 0 saturated heterocycles. The van der Waals surface area contributed by atoms with Crippen LogP contribution in [0.3, 0.4) is 0 Å². The van der Waals surface area contributed by atoms with E-state index in [4.69, 9.17) is 0 Å². The minimum Gasteiger partial charge on any atom is -0.313 e. The molecule has 0 saturated carbocycles. The first-order chi connectivity index (χ1) is 6.67. The van der Waals surface area contributed by atoms with Gasteiger partial charge in [-0.15, -0.1) is 0 Å². The number of allylic oxidation sites excluding steroid dienone is 2. The number of hydrogen-bond acceptors (Lipinski definition) is 1. The van der Waals surface area contributed by atoms with E-state index in [1.54, 1.807) is 6.08 Å². The summed E-state index contributed by atoms with van der Waals surface area (Å²) in [6, 6.07) is 0.375. The van der Waals surface area contributed by atoms with Gasteiger partial charge in [0.1, 0.15) is 0 Å². The Labute approximate surface area is 89.6 Å². The van der Waals surface area contributed by atoms with Crippen LogP contribution in [0.4, 0.5) is 0 Å². The molecule has 1 unspecified atom stereocenters. The quantitative estimate of drug-likeness (QED) is 0.661. The molecule has 0 aromatic carbocycles. The van der Waals surface area contributed by atoms with Crippen LogP contribution in [0.2, 0.25) is 0 Å². The minimum atomic E-state index is 0.375. The Morgan fingerprint density at radius 2 is 1.71 bits per heavy atom. The summed E-state index contributed by atoms with van der Waals surface area (Å²) in [6.07, 6.45) is 5.67. The highest BCUT2D eigenvalue weighted by molar-refractivity contribution is 5.27. The monoisotopic (exact) mass is 195 g/mol. The van der Waals surface area contributed by atoms with Crippen LogP contribution in [0.5, 0.6) is 0 Å². The van der Waals surface area contributed by atoms with Crippen LogP contribution in [0.1, 0.15) is 27.7 Å². The van der Waals surface area contributed by atoms with E-state index in [9.17, 15) is 0 Å². The van der Waals surface area contributed by atoms with E-state index in [1.807, 2.05) is 33.0 Å². The van der Waals surface area contributed by atoms with Gasteiger partial charge >= 0.3 is 0 Å². The molecule has 0 rings (SSSR count). The van der Waals surface area contributed by atoms with Crippen molar-refractivity contribution in [2.24, 2.45) is 5.92 Å². The van der Waals surface area contributed by atoms with Crippen LogP contribution in [0, 0.1) is 5.92 Å². The summed E-state index contributed by atoms with van der Waals surface area (Å²) in [6.45, 7) is 15.8. The van der Waals surface area contributed by atoms with Crippen molar-refractivity contribution in [3.63, 3.8) is 0 Å². The zero-order valence-corrected chi connectivity index (χ0v) is 10.3. The normalized spacial score (nSPS) is 12.9. The molecule has 1 N–H and O–H groups in total. The predicted octanol–water partition coefficient (Wildman–Crippen LogP) is 3.56. The lowest BCUT2D eigenvalue weighted by molar-refractivity contribution is 0.485. The fraction of sp³-hybridized carbons (Fsp3) is 0.538. The van der Waals surface area contributed by atoms with Crippen LogP contribution < -0.4 is 5.32 Å². The molecule has 0 aromatic rings. The van der Waals surface area contributed by atoms with E-state index in [1.165, 1.54) is 5.57 Å². The number of rotatable bonds is 5. The van der Waals surface area contributed by atoms with Crippen LogP contribution >= 0.6 is 0 Å². The third-order valence-electron chi connectivity index (χ3n) is 1.88. The van der Waals surface area contributed by atoms with E-state index in [0.717, 1.165) is 0 Å². The third kappa shape index (κ3) is 5.76. The van der Waals surface area contributed by atoms with Crippen LogP contribution in [-0.4, -0.2) is 13.1 Å². The molecule has 82 valence electrons. The molecule has 0 spiro atoms. The molecule has 0 bridgehead atoms. The summed E-state index contributed by atoms with van der Waals surface area (Å²) in [5, 5.41) is 3.25. The first kappa shape index (κ1) is 15.6. The number of hydrogen-bond donors (Lipinski definition) is 1. The Hall–Kier alpha value is -0.820. The lowest BCUT2D eigenvalue weighted by Crippen LogP contribution is -2.31. The zero-order chi connectivity index (χ0) is 11.6. The second-order valence-corrected chi connectivity index (χ2v) is 3.12. The summed E-state index contributed by atoms with van der Waals surface area (Å²) in [7, 11) is 1.96. The minimum absolute atomic E-state index is 0.375. The van der Waals surface area contributed by atoms with Crippen molar-refractivity contribution in [1.29, 1.82) is 0 Å². The van der Waals surface area contributed by atoms with E-state index in [0.29, 0.717) is 12.0 Å². The molecule has 0 aliphatic carbocycles. The number of nitrogens with one attached hydrogen (secondary N) is 1. The molecule has 0 radical (unpaired) electrons. The van der Waals surface area contributed by atoms with Crippen molar-refractivity contribution in [1.82, 2.24) is 5.32 Å². The molecule has 0 heterocycles. The maximum atomic E-state index is 3.77. The Kier molecular flexibility index (Phi) is 11.5. The van der Waals surface area contributed by atoms with Crippen molar-refractivity contribution in [3.05, 3.63) is 37.0 Å². The van der Waals surface area contributed by atoms with E-state index >= 15 is 0 Å². The van der Waals surface area contributed by atoms with Gasteiger partial charge in [-0.3, -0.25) is 0 Å². The van der Waals surface area contributed by atoms with Gasteiger partial charge in [-0.1, -0.05) is 59.1 Å². The van der Waals surface area contributed by atoms with Gasteiger partial charge in [0.15, 0.2) is 0 Å². The topological polar surface area (TPSA) is 12.0 Å². The van der Waals surface area contributed by atoms with Crippen LogP contribution in [0.25, 0.3) is 0 Å². The molecule has 0 aliphatic rings. The Morgan fingerprint density at radius 3 is 1.93 bits per heavy atom. The van der Waals surface area contributed by atoms with Crippen LogP contribution in [0.15, 0.2) is 37.0 Å². The fourth-order valence-corrected chi connectivity index (χ4v) is 1.32. The van der Waals surface area contributed by atoms with Crippen LogP contribution in [-0.2, 0) is 0 Å². The Bertz CT molecular complexity index is 178. The Balaban J connectivity index is 0. The molecule has 0 aromatic heterocycles. The molecule has 1 nitrogen and oxygen atoms in total. The first-order valence-corrected chi connectivity index (χ1v) is 5.29. The van der Waals surface area contributed by atoms with Crippen molar-refractivity contribution in [2.75, 3.05) is 7.05 Å². The molecule has 1 atom stereocenters. The average molecular weight is 195 g/mol. The molecule has 14 heavy (non-hydrogen) atoms. The highest BCUT2D eigenvalue weighted by Crippen LogP contribution is 2.12. The summed E-state index contributed by atoms with van der Waals surface area (Å²) in [5.74, 6) is 0.569. The van der Waals surface area contributed by atoms with Crippen molar-refractivity contribution < 1.29 is 0 Å². The summed E-state index contributed by atoms with van der Waals surface area (Å²) in [4.78, 5) is 0. The molecule has 0 aliphatic heterocycles. The van der Waals surface area contributed by atoms with E-state index in [-0.39, 0.29) is 0 Å². The molecular formula is C13H25N. The van der Waals surface area contributed by atoms with Gasteiger partial charge < -0.3 is 5.32 Å². The number of likely N-dealkylation sites (N-methyl/N-ethyl adjacent to an activating group) is 1. The lowest BCUT2D eigenvalue weighted by atomic mass is 9.96. The standard InChI is InChI=1S/C11H19N.C2H6/c1-6-8-10(7-2)11(12-5)9(3)4;1-2/h6-9,11-12H,1-2H2,3-5H3;1-2H3/b10-8+;. The van der Waals surface area contributed by atoms with Gasteiger partial charge in [0.2, 0.25) is 0 Å². The van der Waals surface area contributed by atoms with Gasteiger partial charge in [0, 0.05) is 6.04 Å². The van der Waals surface area contributed by atoms with Gasteiger partial charge in [-0.05, 0) is 18.5 Å². The van der Waals surface area contributed by atoms with Gasteiger partial charge in [0.05, 0.1) is 0 Å². The van der Waals surface area contributed by atoms with Gasteiger partial charge in [-0.25, -0.2) is 0 Å². The Morgan fingerprint density at radius 1 is 1.21 bits per heavy atom. The average Bonchev–Trinajstić information content (AvgIpc) is 2.20. The van der Waals surface area contributed by atoms with E-state index < -0.39 is 0 Å². The van der Waals surface area contributed by atoms with Crippen molar-refractivity contribution in [3.8, 4) is 0 Å². The largest absolute Gasteiger partial charge is 0.313 e. The van der Waals surface area contributed by atoms with Gasteiger partial charge in [0.25, 0.3) is 0 Å². The first-order valence-electron chi connectivity index (χ1n) is 5.29. The highest BCUT2D eigenvalue weighted by Gasteiger charge is 2.12. The summed E-state index contributed by atoms with van der Waals surface area (Å²) in [5.41, 5.74) is 1.20. The molecular weight excluding hydrogens is 170 g/mol. The molecule has 0 fully saturated rings.